The third kappa shape index (κ3) is 6.28. The highest BCUT2D eigenvalue weighted by Crippen LogP contribution is 2.24. The van der Waals surface area contributed by atoms with Crippen LogP contribution in [0.3, 0.4) is 0 Å². The van der Waals surface area contributed by atoms with Crippen molar-refractivity contribution < 1.29 is 4.79 Å². The predicted octanol–water partition coefficient (Wildman–Crippen LogP) is 5.95. The number of thioether (sulfide) groups is 1. The molecule has 0 radical (unpaired) electrons. The zero-order valence-electron chi connectivity index (χ0n) is 19.3. The number of rotatable bonds is 7. The van der Waals surface area contributed by atoms with Crippen molar-refractivity contribution >= 4 is 47.1 Å². The van der Waals surface area contributed by atoms with E-state index >= 15 is 0 Å². The molecule has 4 aromatic rings. The van der Waals surface area contributed by atoms with Crippen molar-refractivity contribution in [1.82, 2.24) is 25.2 Å². The van der Waals surface area contributed by atoms with E-state index in [0.29, 0.717) is 32.7 Å². The number of hydrazone groups is 1. The van der Waals surface area contributed by atoms with Crippen molar-refractivity contribution in [1.29, 1.82) is 0 Å². The van der Waals surface area contributed by atoms with Gasteiger partial charge in [0.2, 0.25) is 0 Å². The van der Waals surface area contributed by atoms with Gasteiger partial charge < -0.3 is 0 Å². The molecule has 0 aliphatic rings. The molecule has 2 aromatic heterocycles. The first-order valence-electron chi connectivity index (χ1n) is 10.7. The lowest BCUT2D eigenvalue weighted by Crippen LogP contribution is -2.17. The number of hydrogen-bond acceptors (Lipinski definition) is 6. The second-order valence-corrected chi connectivity index (χ2v) is 9.54. The van der Waals surface area contributed by atoms with Gasteiger partial charge in [-0.15, -0.1) is 0 Å². The Hall–Kier alpha value is -3.20. The number of aryl methyl sites for hydroxylation is 3. The van der Waals surface area contributed by atoms with E-state index in [4.69, 9.17) is 23.2 Å². The minimum Gasteiger partial charge on any atom is -0.267 e. The molecule has 178 valence electrons. The number of carbonyl (C=O) groups is 1. The lowest BCUT2D eigenvalue weighted by Gasteiger charge is -2.05. The van der Waals surface area contributed by atoms with E-state index in [0.717, 1.165) is 27.8 Å². The van der Waals surface area contributed by atoms with Crippen molar-refractivity contribution in [2.45, 2.75) is 31.7 Å². The topological polar surface area (TPSA) is 85.1 Å². The molecule has 0 spiro atoms. The van der Waals surface area contributed by atoms with Crippen LogP contribution in [-0.4, -0.2) is 31.9 Å². The van der Waals surface area contributed by atoms with Gasteiger partial charge in [0.1, 0.15) is 5.15 Å². The number of nitrogens with one attached hydrogen (secondary N) is 1. The van der Waals surface area contributed by atoms with Crippen LogP contribution in [0.4, 0.5) is 0 Å². The van der Waals surface area contributed by atoms with Crippen molar-refractivity contribution in [3.8, 4) is 5.69 Å². The number of amides is 1. The van der Waals surface area contributed by atoms with Crippen LogP contribution in [0.2, 0.25) is 10.2 Å². The van der Waals surface area contributed by atoms with Crippen LogP contribution in [-0.2, 0) is 5.75 Å². The van der Waals surface area contributed by atoms with Gasteiger partial charge in [0.05, 0.1) is 23.2 Å². The van der Waals surface area contributed by atoms with Crippen molar-refractivity contribution in [2.24, 2.45) is 5.10 Å². The molecular weight excluding hydrogens is 503 g/mol. The Morgan fingerprint density at radius 3 is 2.46 bits per heavy atom. The molecule has 0 unspecified atom stereocenters. The Morgan fingerprint density at radius 1 is 1.06 bits per heavy atom. The average Bonchev–Trinajstić information content (AvgIpc) is 3.11. The number of hydrogen-bond donors (Lipinski definition) is 1. The van der Waals surface area contributed by atoms with E-state index in [-0.39, 0.29) is 5.91 Å². The Bertz CT molecular complexity index is 1380. The Morgan fingerprint density at radius 2 is 1.77 bits per heavy atom. The van der Waals surface area contributed by atoms with Crippen LogP contribution < -0.4 is 5.43 Å². The first kappa shape index (κ1) is 24.9. The summed E-state index contributed by atoms with van der Waals surface area (Å²) in [4.78, 5) is 21.4. The van der Waals surface area contributed by atoms with E-state index in [1.54, 1.807) is 40.7 Å². The molecule has 2 heterocycles. The van der Waals surface area contributed by atoms with Gasteiger partial charge in [-0.25, -0.2) is 20.1 Å². The van der Waals surface area contributed by atoms with E-state index < -0.39 is 0 Å². The summed E-state index contributed by atoms with van der Waals surface area (Å²) in [7, 11) is 0. The highest BCUT2D eigenvalue weighted by molar-refractivity contribution is 7.98. The molecule has 2 aromatic carbocycles. The molecule has 0 saturated heterocycles. The largest absolute Gasteiger partial charge is 0.271 e. The molecule has 0 bridgehead atoms. The van der Waals surface area contributed by atoms with Crippen LogP contribution in [0.25, 0.3) is 5.69 Å². The predicted molar refractivity (Wildman–Crippen MR) is 141 cm³/mol. The minimum absolute atomic E-state index is 0.325. The number of aromatic nitrogens is 4. The Balaban J connectivity index is 1.37. The number of benzene rings is 2. The lowest BCUT2D eigenvalue weighted by atomic mass is 10.1. The second-order valence-electron chi connectivity index (χ2n) is 7.80. The third-order valence-electron chi connectivity index (χ3n) is 5.01. The first-order valence-corrected chi connectivity index (χ1v) is 12.4. The normalized spacial score (nSPS) is 11.2. The van der Waals surface area contributed by atoms with Crippen molar-refractivity contribution in [3.63, 3.8) is 0 Å². The van der Waals surface area contributed by atoms with Gasteiger partial charge >= 0.3 is 0 Å². The fourth-order valence-corrected chi connectivity index (χ4v) is 4.73. The third-order valence-corrected chi connectivity index (χ3v) is 6.52. The summed E-state index contributed by atoms with van der Waals surface area (Å²) in [6, 6.07) is 16.5. The molecular formula is C25H22Cl2N6OS. The zero-order chi connectivity index (χ0) is 24.9. The maximum atomic E-state index is 12.5. The molecule has 7 nitrogen and oxygen atoms in total. The van der Waals surface area contributed by atoms with Gasteiger partial charge in [0, 0.05) is 27.7 Å². The summed E-state index contributed by atoms with van der Waals surface area (Å²) in [6.45, 7) is 5.72. The molecule has 10 heteroatoms. The summed E-state index contributed by atoms with van der Waals surface area (Å²) < 4.78 is 1.58. The molecule has 1 N–H and O–H groups in total. The quantitative estimate of drug-likeness (QED) is 0.140. The highest BCUT2D eigenvalue weighted by atomic mass is 35.5. The van der Waals surface area contributed by atoms with E-state index in [9.17, 15) is 4.79 Å². The molecule has 0 atom stereocenters. The van der Waals surface area contributed by atoms with E-state index in [1.165, 1.54) is 6.21 Å². The van der Waals surface area contributed by atoms with Crippen LogP contribution >= 0.6 is 35.0 Å². The number of nitrogens with zero attached hydrogens (tertiary/aromatic N) is 5. The standard InChI is InChI=1S/C25H22Cl2N6OS/c1-15-11-16(2)30-25(29-15)35-14-18-7-9-19(10-8-18)24(34)31-28-13-22-17(3)32-33(23(22)27)21-6-4-5-20(26)12-21/h4-13H,14H2,1-3H3,(H,31,34)/b28-13-. The van der Waals surface area contributed by atoms with Gasteiger partial charge in [-0.1, -0.05) is 53.2 Å². The van der Waals surface area contributed by atoms with Gasteiger partial charge in [0.15, 0.2) is 5.16 Å². The van der Waals surface area contributed by atoms with E-state index in [1.807, 2.05) is 51.1 Å². The van der Waals surface area contributed by atoms with Crippen molar-refractivity contribution in [2.75, 3.05) is 0 Å². The Kier molecular flexibility index (Phi) is 7.85. The minimum atomic E-state index is -0.325. The summed E-state index contributed by atoms with van der Waals surface area (Å²) in [5.74, 6) is 0.381. The van der Waals surface area contributed by atoms with Crippen LogP contribution in [0.1, 0.15) is 38.6 Å². The molecule has 1 amide bonds. The zero-order valence-corrected chi connectivity index (χ0v) is 21.6. The lowest BCUT2D eigenvalue weighted by molar-refractivity contribution is 0.0955. The van der Waals surface area contributed by atoms with Gasteiger partial charge in [-0.05, 0) is 62.7 Å². The second kappa shape index (κ2) is 11.0. The molecule has 0 fully saturated rings. The SMILES string of the molecule is Cc1cc(C)nc(SCc2ccc(C(=O)N/N=C\c3c(C)nn(-c4cccc(Cl)c4)c3Cl)cc2)n1. The van der Waals surface area contributed by atoms with Gasteiger partial charge in [-0.2, -0.15) is 10.2 Å². The van der Waals surface area contributed by atoms with E-state index in [2.05, 4.69) is 25.6 Å². The summed E-state index contributed by atoms with van der Waals surface area (Å²) in [6.07, 6.45) is 1.48. The monoisotopic (exact) mass is 524 g/mol. The maximum absolute atomic E-state index is 12.5. The fraction of sp³-hybridized carbons (Fsp3) is 0.160. The molecule has 0 aliphatic carbocycles. The molecule has 0 aliphatic heterocycles. The molecule has 0 saturated carbocycles. The molecule has 35 heavy (non-hydrogen) atoms. The highest BCUT2D eigenvalue weighted by Gasteiger charge is 2.14. The summed E-state index contributed by atoms with van der Waals surface area (Å²) in [5, 5.41) is 10.2. The maximum Gasteiger partial charge on any atom is 0.271 e. The summed E-state index contributed by atoms with van der Waals surface area (Å²) in [5.41, 5.74) is 8.00. The molecule has 4 rings (SSSR count). The Labute approximate surface area is 217 Å². The number of halogens is 2. The van der Waals surface area contributed by atoms with Gasteiger partial charge in [-0.3, -0.25) is 4.79 Å². The smallest absolute Gasteiger partial charge is 0.267 e. The van der Waals surface area contributed by atoms with Crippen LogP contribution in [0.15, 0.2) is 64.9 Å². The average molecular weight is 525 g/mol. The summed E-state index contributed by atoms with van der Waals surface area (Å²) >= 11 is 14.1. The fourth-order valence-electron chi connectivity index (χ4n) is 3.32. The number of carbonyl (C=O) groups excluding carboxylic acids is 1. The van der Waals surface area contributed by atoms with Crippen LogP contribution in [0.5, 0.6) is 0 Å². The van der Waals surface area contributed by atoms with Gasteiger partial charge in [0.25, 0.3) is 5.91 Å². The first-order chi connectivity index (χ1) is 16.8. The van der Waals surface area contributed by atoms with Crippen LogP contribution in [0, 0.1) is 20.8 Å². The van der Waals surface area contributed by atoms with Crippen molar-refractivity contribution in [3.05, 3.63) is 98.5 Å².